The number of para-hydroxylation sites is 1. The van der Waals surface area contributed by atoms with Gasteiger partial charge in [-0.15, -0.1) is 0 Å². The van der Waals surface area contributed by atoms with Gasteiger partial charge in [0, 0.05) is 42.8 Å². The Morgan fingerprint density at radius 3 is 2.11 bits per heavy atom. The summed E-state index contributed by atoms with van der Waals surface area (Å²) in [7, 11) is 0. The molecule has 1 saturated carbocycles. The molecule has 0 radical (unpaired) electrons. The van der Waals surface area contributed by atoms with Crippen LogP contribution in [0.1, 0.15) is 92.7 Å². The van der Waals surface area contributed by atoms with Gasteiger partial charge in [-0.1, -0.05) is 99.1 Å². The highest BCUT2D eigenvalue weighted by Gasteiger charge is 2.44. The van der Waals surface area contributed by atoms with Gasteiger partial charge in [-0.2, -0.15) is 0 Å². The standard InChI is InChI=1S/C46H49FN2O5/c1-32(2)43-42(45(51)48-37-19-11-5-12-20-37)41(34-17-9-4-10-18-34)44(35-21-23-36(47)24-22-35)49(43)28-25-38-29-39(54-46(53-38)26-13-6-14-27-46)30-40(50)52-31-33-15-7-3-8-16-33/h3-5,7-12,15-24,32,38-39H,6,13-14,25-31H2,1-2H3,(H,48,51)/t38-,39-/m1/s1. The fourth-order valence-electron chi connectivity index (χ4n) is 8.12. The van der Waals surface area contributed by atoms with Crippen LogP contribution in [0, 0.1) is 5.82 Å². The van der Waals surface area contributed by atoms with Gasteiger partial charge in [0.1, 0.15) is 12.4 Å². The average molecular weight is 729 g/mol. The van der Waals surface area contributed by atoms with Crippen LogP contribution in [0.15, 0.2) is 115 Å². The molecule has 1 aliphatic carbocycles. The zero-order valence-electron chi connectivity index (χ0n) is 31.1. The van der Waals surface area contributed by atoms with Gasteiger partial charge < -0.3 is 24.1 Å². The number of rotatable bonds is 12. The molecular formula is C46H49FN2O5. The summed E-state index contributed by atoms with van der Waals surface area (Å²) in [5.74, 6) is -1.60. The predicted molar refractivity (Wildman–Crippen MR) is 209 cm³/mol. The van der Waals surface area contributed by atoms with E-state index >= 15 is 0 Å². The topological polar surface area (TPSA) is 78.8 Å². The molecule has 8 heteroatoms. The summed E-state index contributed by atoms with van der Waals surface area (Å²) >= 11 is 0. The maximum atomic E-state index is 14.5. The lowest BCUT2D eigenvalue weighted by molar-refractivity contribution is -0.329. The van der Waals surface area contributed by atoms with Crippen molar-refractivity contribution >= 4 is 17.6 Å². The summed E-state index contributed by atoms with van der Waals surface area (Å²) in [6.07, 6.45) is 5.46. The van der Waals surface area contributed by atoms with Crippen molar-refractivity contribution in [1.82, 2.24) is 4.57 Å². The van der Waals surface area contributed by atoms with Crippen LogP contribution in [0.4, 0.5) is 10.1 Å². The van der Waals surface area contributed by atoms with Crippen LogP contribution in [0.25, 0.3) is 22.4 Å². The number of halogens is 1. The molecule has 0 bridgehead atoms. The molecule has 280 valence electrons. The minimum absolute atomic E-state index is 0.0365. The van der Waals surface area contributed by atoms with Crippen LogP contribution < -0.4 is 5.32 Å². The van der Waals surface area contributed by atoms with Crippen molar-refractivity contribution in [2.24, 2.45) is 0 Å². The Labute approximate surface area is 317 Å². The maximum absolute atomic E-state index is 14.5. The number of carbonyl (C=O) groups excluding carboxylic acids is 2. The van der Waals surface area contributed by atoms with E-state index in [1.807, 2.05) is 91.0 Å². The molecule has 1 N–H and O–H groups in total. The second-order valence-corrected chi connectivity index (χ2v) is 14.8. The third-order valence-electron chi connectivity index (χ3n) is 10.5. The van der Waals surface area contributed by atoms with Crippen molar-refractivity contribution in [2.45, 2.75) is 102 Å². The number of nitrogens with zero attached hydrogens (tertiary/aromatic N) is 1. The van der Waals surface area contributed by atoms with Crippen molar-refractivity contribution in [3.05, 3.63) is 138 Å². The lowest BCUT2D eigenvalue weighted by atomic mass is 9.91. The second-order valence-electron chi connectivity index (χ2n) is 14.8. The van der Waals surface area contributed by atoms with Crippen molar-refractivity contribution < 1.29 is 28.2 Å². The molecule has 1 aromatic heterocycles. The zero-order chi connectivity index (χ0) is 37.5. The lowest BCUT2D eigenvalue weighted by Gasteiger charge is -2.46. The molecule has 0 unspecified atom stereocenters. The number of hydrogen-bond acceptors (Lipinski definition) is 5. The third kappa shape index (κ3) is 8.67. The molecule has 1 saturated heterocycles. The van der Waals surface area contributed by atoms with Gasteiger partial charge in [0.15, 0.2) is 5.79 Å². The molecule has 7 nitrogen and oxygen atoms in total. The summed E-state index contributed by atoms with van der Waals surface area (Å²) in [5.41, 5.74) is 6.49. The average Bonchev–Trinajstić information content (AvgIpc) is 3.53. The number of hydrogen-bond donors (Lipinski definition) is 1. The first-order chi connectivity index (χ1) is 26.3. The minimum Gasteiger partial charge on any atom is -0.461 e. The smallest absolute Gasteiger partial charge is 0.308 e. The van der Waals surface area contributed by atoms with E-state index in [9.17, 15) is 14.0 Å². The van der Waals surface area contributed by atoms with Crippen LogP contribution in [0.3, 0.4) is 0 Å². The summed E-state index contributed by atoms with van der Waals surface area (Å²) in [6, 6.07) is 35.6. The number of carbonyl (C=O) groups is 2. The number of benzene rings is 4. The van der Waals surface area contributed by atoms with E-state index in [2.05, 4.69) is 23.7 Å². The number of esters is 1. The highest BCUT2D eigenvalue weighted by atomic mass is 19.1. The largest absolute Gasteiger partial charge is 0.461 e. The Balaban J connectivity index is 1.24. The first-order valence-electron chi connectivity index (χ1n) is 19.3. The SMILES string of the molecule is CC(C)c1c(C(=O)Nc2ccccc2)c(-c2ccccc2)c(-c2ccc(F)cc2)n1CC[C@@H]1C[C@H](CC(=O)OCc2ccccc2)OC2(CCCCC2)O1. The number of amides is 1. The zero-order valence-corrected chi connectivity index (χ0v) is 31.1. The lowest BCUT2D eigenvalue weighted by Crippen LogP contribution is -2.50. The number of aromatic nitrogens is 1. The Morgan fingerprint density at radius 1 is 0.815 bits per heavy atom. The molecule has 2 heterocycles. The molecule has 5 aromatic rings. The first kappa shape index (κ1) is 37.3. The van der Waals surface area contributed by atoms with Gasteiger partial charge in [-0.25, -0.2) is 4.39 Å². The van der Waals surface area contributed by atoms with E-state index in [-0.39, 0.29) is 48.8 Å². The van der Waals surface area contributed by atoms with Crippen LogP contribution in [-0.2, 0) is 32.2 Å². The molecule has 4 aromatic carbocycles. The Bertz CT molecular complexity index is 2010. The molecule has 2 atom stereocenters. The fourth-order valence-corrected chi connectivity index (χ4v) is 8.12. The van der Waals surface area contributed by atoms with E-state index in [0.717, 1.165) is 65.7 Å². The Kier molecular flexibility index (Phi) is 11.7. The van der Waals surface area contributed by atoms with E-state index in [0.29, 0.717) is 30.6 Å². The van der Waals surface area contributed by atoms with Gasteiger partial charge in [0.25, 0.3) is 5.91 Å². The molecule has 2 aliphatic rings. The predicted octanol–water partition coefficient (Wildman–Crippen LogP) is 10.7. The highest BCUT2D eigenvalue weighted by Crippen LogP contribution is 2.44. The van der Waals surface area contributed by atoms with Crippen LogP contribution in [-0.4, -0.2) is 34.4 Å². The molecular weight excluding hydrogens is 680 g/mol. The molecule has 54 heavy (non-hydrogen) atoms. The molecule has 1 amide bonds. The van der Waals surface area contributed by atoms with Gasteiger partial charge in [0.2, 0.25) is 0 Å². The Morgan fingerprint density at radius 2 is 1.44 bits per heavy atom. The van der Waals surface area contributed by atoms with Crippen LogP contribution in [0.2, 0.25) is 0 Å². The summed E-state index contributed by atoms with van der Waals surface area (Å²) < 4.78 is 35.8. The number of nitrogens with one attached hydrogen (secondary N) is 1. The maximum Gasteiger partial charge on any atom is 0.308 e. The quantitative estimate of drug-likeness (QED) is 0.129. The molecule has 1 spiro atoms. The number of anilines is 1. The van der Waals surface area contributed by atoms with Crippen molar-refractivity contribution in [3.63, 3.8) is 0 Å². The third-order valence-corrected chi connectivity index (χ3v) is 10.5. The summed E-state index contributed by atoms with van der Waals surface area (Å²) in [6.45, 7) is 4.96. The summed E-state index contributed by atoms with van der Waals surface area (Å²) in [4.78, 5) is 27.7. The molecule has 7 rings (SSSR count). The molecule has 1 aliphatic heterocycles. The molecule has 2 fully saturated rings. The van der Waals surface area contributed by atoms with E-state index in [1.165, 1.54) is 12.1 Å². The summed E-state index contributed by atoms with van der Waals surface area (Å²) in [5, 5.41) is 3.16. The van der Waals surface area contributed by atoms with E-state index in [1.54, 1.807) is 12.1 Å². The highest BCUT2D eigenvalue weighted by molar-refractivity contribution is 6.12. The second kappa shape index (κ2) is 17.0. The van der Waals surface area contributed by atoms with E-state index < -0.39 is 5.79 Å². The normalized spacial score (nSPS) is 18.1. The van der Waals surface area contributed by atoms with Gasteiger partial charge in [0.05, 0.1) is 29.9 Å². The van der Waals surface area contributed by atoms with Crippen molar-refractivity contribution in [3.8, 4) is 22.4 Å². The van der Waals surface area contributed by atoms with Gasteiger partial charge in [-0.3, -0.25) is 9.59 Å². The van der Waals surface area contributed by atoms with Crippen LogP contribution in [0.5, 0.6) is 0 Å². The van der Waals surface area contributed by atoms with Gasteiger partial charge in [-0.05, 0) is 78.3 Å². The monoisotopic (exact) mass is 728 g/mol. The van der Waals surface area contributed by atoms with Crippen molar-refractivity contribution in [1.29, 1.82) is 0 Å². The first-order valence-corrected chi connectivity index (χ1v) is 19.3. The minimum atomic E-state index is -0.737. The van der Waals surface area contributed by atoms with E-state index in [4.69, 9.17) is 14.2 Å². The van der Waals surface area contributed by atoms with Gasteiger partial charge >= 0.3 is 5.97 Å². The Hall–Kier alpha value is -5.05. The van der Waals surface area contributed by atoms with Crippen LogP contribution >= 0.6 is 0 Å². The fraction of sp³-hybridized carbons (Fsp3) is 0.348. The van der Waals surface area contributed by atoms with Crippen molar-refractivity contribution in [2.75, 3.05) is 5.32 Å². The number of ether oxygens (including phenoxy) is 3.